The van der Waals surface area contributed by atoms with Crippen molar-refractivity contribution in [1.82, 2.24) is 16.0 Å². The molecule has 0 radical (unpaired) electrons. The molecule has 3 amide bonds. The molecule has 0 aliphatic carbocycles. The average molecular weight is 538 g/mol. The summed E-state index contributed by atoms with van der Waals surface area (Å²) < 4.78 is 9.91. The standard InChI is InChI=1S/C26H39N3O7S/c1-16(2)22(28-20(30)14-21(31)36-15-18-10-8-7-9-11-18)25(33)29-23(17(3)4)24(32)27-19(12-13-37-6)26(34)35-5/h7-11,16-17,19,22-23H,12-15H2,1-6H3,(H,27,32)(H,28,30)(H,29,33)/t19-,22-,23-/m0/s1. The van der Waals surface area contributed by atoms with E-state index in [4.69, 9.17) is 9.47 Å². The normalized spacial score (nSPS) is 13.3. The maximum Gasteiger partial charge on any atom is 0.328 e. The second-order valence-electron chi connectivity index (χ2n) is 9.21. The number of hydrogen-bond acceptors (Lipinski definition) is 8. The molecule has 11 heteroatoms. The number of nitrogens with one attached hydrogen (secondary N) is 3. The van der Waals surface area contributed by atoms with E-state index in [2.05, 4.69) is 16.0 Å². The minimum atomic E-state index is -0.989. The molecule has 10 nitrogen and oxygen atoms in total. The zero-order valence-electron chi connectivity index (χ0n) is 22.4. The van der Waals surface area contributed by atoms with E-state index in [0.29, 0.717) is 12.2 Å². The molecule has 3 N–H and O–H groups in total. The van der Waals surface area contributed by atoms with E-state index in [1.54, 1.807) is 39.8 Å². The fourth-order valence-corrected chi connectivity index (χ4v) is 3.82. The van der Waals surface area contributed by atoms with Crippen molar-refractivity contribution >= 4 is 41.4 Å². The summed E-state index contributed by atoms with van der Waals surface area (Å²) in [5.41, 5.74) is 0.789. The number of amides is 3. The van der Waals surface area contributed by atoms with Crippen molar-refractivity contribution in [3.8, 4) is 0 Å². The van der Waals surface area contributed by atoms with Gasteiger partial charge in [0.15, 0.2) is 0 Å². The largest absolute Gasteiger partial charge is 0.467 e. The lowest BCUT2D eigenvalue weighted by Crippen LogP contribution is -2.58. The second-order valence-corrected chi connectivity index (χ2v) is 10.2. The Morgan fingerprint density at radius 3 is 1.97 bits per heavy atom. The molecule has 0 aromatic heterocycles. The first-order valence-electron chi connectivity index (χ1n) is 12.2. The summed E-state index contributed by atoms with van der Waals surface area (Å²) in [6.07, 6.45) is 1.72. The van der Waals surface area contributed by atoms with Crippen LogP contribution >= 0.6 is 11.8 Å². The van der Waals surface area contributed by atoms with Crippen LogP contribution in [0.3, 0.4) is 0 Å². The van der Waals surface area contributed by atoms with Gasteiger partial charge in [0.05, 0.1) is 7.11 Å². The van der Waals surface area contributed by atoms with E-state index < -0.39 is 54.2 Å². The van der Waals surface area contributed by atoms with Crippen LogP contribution in [0.25, 0.3) is 0 Å². The average Bonchev–Trinajstić information content (AvgIpc) is 2.86. The second kappa shape index (κ2) is 16.6. The lowest BCUT2D eigenvalue weighted by atomic mass is 9.99. The van der Waals surface area contributed by atoms with Crippen molar-refractivity contribution in [2.45, 2.75) is 65.3 Å². The number of carbonyl (C=O) groups excluding carboxylic acids is 5. The quantitative estimate of drug-likeness (QED) is 0.227. The molecule has 0 fully saturated rings. The van der Waals surface area contributed by atoms with Gasteiger partial charge in [-0.2, -0.15) is 11.8 Å². The minimum absolute atomic E-state index is 0.0374. The fraction of sp³-hybridized carbons (Fsp3) is 0.577. The number of thioether (sulfide) groups is 1. The van der Waals surface area contributed by atoms with Crippen molar-refractivity contribution in [1.29, 1.82) is 0 Å². The van der Waals surface area contributed by atoms with E-state index in [9.17, 15) is 24.0 Å². The lowest BCUT2D eigenvalue weighted by molar-refractivity contribution is -0.148. The lowest BCUT2D eigenvalue weighted by Gasteiger charge is -2.28. The van der Waals surface area contributed by atoms with E-state index in [1.165, 1.54) is 18.9 Å². The molecule has 0 aliphatic rings. The molecule has 3 atom stereocenters. The van der Waals surface area contributed by atoms with Crippen LogP contribution in [-0.2, 0) is 40.1 Å². The molecule has 0 saturated heterocycles. The van der Waals surface area contributed by atoms with E-state index in [-0.39, 0.29) is 18.4 Å². The first-order valence-corrected chi connectivity index (χ1v) is 13.6. The molecule has 1 rings (SSSR count). The van der Waals surface area contributed by atoms with Crippen LogP contribution in [0.15, 0.2) is 30.3 Å². The van der Waals surface area contributed by atoms with Gasteiger partial charge in [0.2, 0.25) is 17.7 Å². The number of hydrogen-bond donors (Lipinski definition) is 3. The van der Waals surface area contributed by atoms with Gasteiger partial charge in [-0.1, -0.05) is 58.0 Å². The molecule has 0 heterocycles. The maximum atomic E-state index is 13.1. The highest BCUT2D eigenvalue weighted by Crippen LogP contribution is 2.09. The van der Waals surface area contributed by atoms with E-state index in [1.807, 2.05) is 24.5 Å². The van der Waals surface area contributed by atoms with Crippen LogP contribution in [0.4, 0.5) is 0 Å². The van der Waals surface area contributed by atoms with E-state index >= 15 is 0 Å². The Balaban J connectivity index is 2.77. The molecule has 0 unspecified atom stereocenters. The Morgan fingerprint density at radius 2 is 1.43 bits per heavy atom. The summed E-state index contributed by atoms with van der Waals surface area (Å²) in [6.45, 7) is 7.02. The predicted octanol–water partition coefficient (Wildman–Crippen LogP) is 1.81. The number of rotatable bonds is 15. The van der Waals surface area contributed by atoms with Gasteiger partial charge in [-0.3, -0.25) is 19.2 Å². The molecule has 37 heavy (non-hydrogen) atoms. The summed E-state index contributed by atoms with van der Waals surface area (Å²) in [4.78, 5) is 62.7. The zero-order valence-corrected chi connectivity index (χ0v) is 23.2. The predicted molar refractivity (Wildman–Crippen MR) is 141 cm³/mol. The summed E-state index contributed by atoms with van der Waals surface area (Å²) >= 11 is 1.53. The van der Waals surface area contributed by atoms with Crippen LogP contribution in [0.5, 0.6) is 0 Å². The minimum Gasteiger partial charge on any atom is -0.467 e. The van der Waals surface area contributed by atoms with Crippen LogP contribution in [0, 0.1) is 11.8 Å². The highest BCUT2D eigenvalue weighted by molar-refractivity contribution is 7.98. The summed E-state index contributed by atoms with van der Waals surface area (Å²) in [6, 6.07) is 6.27. The van der Waals surface area contributed by atoms with Crippen LogP contribution in [0.2, 0.25) is 0 Å². The van der Waals surface area contributed by atoms with Gasteiger partial charge in [0.25, 0.3) is 0 Å². The number of esters is 2. The number of benzene rings is 1. The monoisotopic (exact) mass is 537 g/mol. The number of carbonyl (C=O) groups is 5. The Morgan fingerprint density at radius 1 is 0.865 bits per heavy atom. The third kappa shape index (κ3) is 11.7. The molecular weight excluding hydrogens is 498 g/mol. The fourth-order valence-electron chi connectivity index (χ4n) is 3.35. The smallest absolute Gasteiger partial charge is 0.328 e. The Bertz CT molecular complexity index is 909. The molecule has 0 aliphatic heterocycles. The van der Waals surface area contributed by atoms with Gasteiger partial charge in [-0.15, -0.1) is 0 Å². The van der Waals surface area contributed by atoms with Gasteiger partial charge in [0, 0.05) is 0 Å². The van der Waals surface area contributed by atoms with Crippen LogP contribution < -0.4 is 16.0 Å². The summed E-state index contributed by atoms with van der Waals surface area (Å²) in [5, 5.41) is 7.91. The third-order valence-corrected chi connectivity index (χ3v) is 6.12. The van der Waals surface area contributed by atoms with Crippen molar-refractivity contribution in [2.75, 3.05) is 19.1 Å². The first kappa shape index (κ1) is 31.9. The Hall–Kier alpha value is -3.08. The van der Waals surface area contributed by atoms with Crippen molar-refractivity contribution < 1.29 is 33.4 Å². The molecular formula is C26H39N3O7S. The molecule has 0 spiro atoms. The van der Waals surface area contributed by atoms with Crippen LogP contribution in [-0.4, -0.2) is 66.9 Å². The van der Waals surface area contributed by atoms with Crippen molar-refractivity contribution in [3.63, 3.8) is 0 Å². The summed E-state index contributed by atoms with van der Waals surface area (Å²) in [7, 11) is 1.25. The first-order chi connectivity index (χ1) is 17.5. The Labute approximate surface area is 223 Å². The number of methoxy groups -OCH3 is 1. The molecule has 206 valence electrons. The summed E-state index contributed by atoms with van der Waals surface area (Å²) in [5.74, 6) is -3.06. The van der Waals surface area contributed by atoms with Gasteiger partial charge in [0.1, 0.15) is 31.2 Å². The highest BCUT2D eigenvalue weighted by atomic mass is 32.2. The number of ether oxygens (including phenoxy) is 2. The third-order valence-electron chi connectivity index (χ3n) is 5.47. The maximum absolute atomic E-state index is 13.1. The van der Waals surface area contributed by atoms with Crippen molar-refractivity contribution in [3.05, 3.63) is 35.9 Å². The van der Waals surface area contributed by atoms with Crippen molar-refractivity contribution in [2.24, 2.45) is 11.8 Å². The molecule has 1 aromatic carbocycles. The van der Waals surface area contributed by atoms with Gasteiger partial charge >= 0.3 is 11.9 Å². The zero-order chi connectivity index (χ0) is 28.0. The van der Waals surface area contributed by atoms with Gasteiger partial charge in [-0.25, -0.2) is 4.79 Å². The highest BCUT2D eigenvalue weighted by Gasteiger charge is 2.32. The molecule has 1 aromatic rings. The topological polar surface area (TPSA) is 140 Å². The van der Waals surface area contributed by atoms with Crippen LogP contribution in [0.1, 0.15) is 46.1 Å². The SMILES string of the molecule is COC(=O)[C@H](CCSC)NC(=O)[C@@H](NC(=O)[C@@H](NC(=O)CC(=O)OCc1ccccc1)C(C)C)C(C)C. The van der Waals surface area contributed by atoms with Gasteiger partial charge in [-0.05, 0) is 35.8 Å². The van der Waals surface area contributed by atoms with Gasteiger partial charge < -0.3 is 25.4 Å². The Kier molecular flexibility index (Phi) is 14.4. The molecule has 0 bridgehead atoms. The van der Waals surface area contributed by atoms with E-state index in [0.717, 1.165) is 5.56 Å². The molecule has 0 saturated carbocycles.